The molecule has 0 aliphatic heterocycles. The molecule has 0 aromatic carbocycles. The Morgan fingerprint density at radius 3 is 1.90 bits per heavy atom. The number of nitrogens with zero attached hydrogens (tertiary/aromatic N) is 1. The molecule has 0 amide bonds. The summed E-state index contributed by atoms with van der Waals surface area (Å²) in [5.41, 5.74) is 0. The molecule has 4 nitrogen and oxygen atoms in total. The van der Waals surface area contributed by atoms with Gasteiger partial charge in [-0.1, -0.05) is 6.92 Å². The quantitative estimate of drug-likeness (QED) is 0.449. The van der Waals surface area contributed by atoms with Gasteiger partial charge in [0, 0.05) is 25.1 Å². The first-order valence-corrected chi connectivity index (χ1v) is 3.29. The lowest BCUT2D eigenvalue weighted by Crippen LogP contribution is -1.96. The molecule has 4 heteroatoms. The maximum absolute atomic E-state index is 9.40. The van der Waals surface area contributed by atoms with Crippen molar-refractivity contribution in [2.75, 3.05) is 20.3 Å². The van der Waals surface area contributed by atoms with Crippen molar-refractivity contribution in [2.45, 2.75) is 20.3 Å². The summed E-state index contributed by atoms with van der Waals surface area (Å²) in [6.45, 7) is 4.66. The van der Waals surface area contributed by atoms with Crippen molar-refractivity contribution in [3.63, 3.8) is 0 Å². The lowest BCUT2D eigenvalue weighted by Gasteiger charge is -1.80. The van der Waals surface area contributed by atoms with Gasteiger partial charge in [0.15, 0.2) is 0 Å². The molecule has 0 fully saturated rings. The van der Waals surface area contributed by atoms with E-state index in [1.54, 1.807) is 14.0 Å². The van der Waals surface area contributed by atoms with Crippen LogP contribution < -0.4 is 0 Å². The Morgan fingerprint density at radius 2 is 1.90 bits per heavy atom. The van der Waals surface area contributed by atoms with Crippen LogP contribution in [-0.2, 0) is 4.74 Å². The average Bonchev–Trinajstić information content (AvgIpc) is 1.89. The van der Waals surface area contributed by atoms with Crippen LogP contribution in [0, 0.1) is 10.1 Å². The molecule has 0 spiro atoms. The molecule has 62 valence electrons. The van der Waals surface area contributed by atoms with Crippen molar-refractivity contribution >= 4 is 0 Å². The van der Waals surface area contributed by atoms with Crippen LogP contribution in [0.1, 0.15) is 20.3 Å². The second-order valence-electron chi connectivity index (χ2n) is 1.63. The number of hydrogen-bond acceptors (Lipinski definition) is 3. The smallest absolute Gasteiger partial charge is 0.203 e. The first-order chi connectivity index (χ1) is 4.68. The maximum Gasteiger partial charge on any atom is 0.203 e. The van der Waals surface area contributed by atoms with Gasteiger partial charge in [-0.05, 0) is 6.92 Å². The van der Waals surface area contributed by atoms with E-state index >= 15 is 0 Å². The Morgan fingerprint density at radius 1 is 1.50 bits per heavy atom. The Bertz CT molecular complexity index is 73.4. The highest BCUT2D eigenvalue weighted by Crippen LogP contribution is 1.72. The monoisotopic (exact) mass is 149 g/mol. The average molecular weight is 149 g/mol. The molecule has 0 aromatic rings. The molecule has 0 rings (SSSR count). The Kier molecular flexibility index (Phi) is 13.5. The van der Waals surface area contributed by atoms with Gasteiger partial charge < -0.3 is 4.74 Å². The molecule has 0 radical (unpaired) electrons. The van der Waals surface area contributed by atoms with Crippen molar-refractivity contribution < 1.29 is 9.66 Å². The third-order valence-electron chi connectivity index (χ3n) is 0.695. The van der Waals surface area contributed by atoms with Gasteiger partial charge in [-0.3, -0.25) is 10.1 Å². The standard InChI is InChI=1S/C3H7NO2.C3H8O/c1-2-3-4(5)6;1-3-4-2/h2-3H2,1H3;3H2,1-2H3. The lowest BCUT2D eigenvalue weighted by molar-refractivity contribution is -0.479. The first-order valence-electron chi connectivity index (χ1n) is 3.29. The van der Waals surface area contributed by atoms with Gasteiger partial charge in [0.2, 0.25) is 6.54 Å². The number of hydrogen-bond donors (Lipinski definition) is 0. The second-order valence-corrected chi connectivity index (χ2v) is 1.63. The minimum Gasteiger partial charge on any atom is -0.385 e. The summed E-state index contributed by atoms with van der Waals surface area (Å²) in [6.07, 6.45) is 0.632. The number of nitro groups is 1. The summed E-state index contributed by atoms with van der Waals surface area (Å²) in [4.78, 5) is 9.09. The van der Waals surface area contributed by atoms with Gasteiger partial charge in [0.25, 0.3) is 0 Å². The van der Waals surface area contributed by atoms with E-state index in [0.717, 1.165) is 6.61 Å². The molecule has 10 heavy (non-hydrogen) atoms. The summed E-state index contributed by atoms with van der Waals surface area (Å²) in [6, 6.07) is 0. The van der Waals surface area contributed by atoms with Crippen molar-refractivity contribution in [3.05, 3.63) is 10.1 Å². The van der Waals surface area contributed by atoms with Crippen molar-refractivity contribution in [3.8, 4) is 0 Å². The van der Waals surface area contributed by atoms with Crippen molar-refractivity contribution in [1.82, 2.24) is 0 Å². The fourth-order valence-corrected chi connectivity index (χ4v) is 0.183. The molecule has 0 bridgehead atoms. The molecule has 0 unspecified atom stereocenters. The zero-order valence-corrected chi connectivity index (χ0v) is 6.79. The summed E-state index contributed by atoms with van der Waals surface area (Å²) < 4.78 is 4.54. The molecule has 0 aromatic heterocycles. The molecular weight excluding hydrogens is 134 g/mol. The van der Waals surface area contributed by atoms with Crippen LogP contribution >= 0.6 is 0 Å². The highest BCUT2D eigenvalue weighted by atomic mass is 16.6. The number of ether oxygens (including phenoxy) is 1. The lowest BCUT2D eigenvalue weighted by atomic mass is 10.5. The van der Waals surface area contributed by atoms with Crippen LogP contribution in [0.15, 0.2) is 0 Å². The van der Waals surface area contributed by atoms with Crippen molar-refractivity contribution in [1.29, 1.82) is 0 Å². The Labute approximate surface area is 61.3 Å². The van der Waals surface area contributed by atoms with Gasteiger partial charge in [-0.15, -0.1) is 0 Å². The van der Waals surface area contributed by atoms with Gasteiger partial charge in [-0.2, -0.15) is 0 Å². The Hall–Kier alpha value is -0.640. The third kappa shape index (κ3) is 26.4. The normalized spacial score (nSPS) is 7.90. The van der Waals surface area contributed by atoms with E-state index in [2.05, 4.69) is 4.74 Å². The zero-order valence-electron chi connectivity index (χ0n) is 6.79. The van der Waals surface area contributed by atoms with Gasteiger partial charge in [0.1, 0.15) is 0 Å². The van der Waals surface area contributed by atoms with E-state index < -0.39 is 0 Å². The third-order valence-corrected chi connectivity index (χ3v) is 0.695. The topological polar surface area (TPSA) is 52.4 Å². The van der Waals surface area contributed by atoms with E-state index in [4.69, 9.17) is 0 Å². The summed E-state index contributed by atoms with van der Waals surface area (Å²) >= 11 is 0. The van der Waals surface area contributed by atoms with Crippen LogP contribution in [0.25, 0.3) is 0 Å². The van der Waals surface area contributed by atoms with E-state index in [1.165, 1.54) is 0 Å². The highest BCUT2D eigenvalue weighted by Gasteiger charge is 1.85. The van der Waals surface area contributed by atoms with E-state index in [1.807, 2.05) is 6.92 Å². The molecule has 0 saturated carbocycles. The summed E-state index contributed by atoms with van der Waals surface area (Å²) in [5, 5.41) is 9.40. The zero-order chi connectivity index (χ0) is 8.41. The van der Waals surface area contributed by atoms with Crippen LogP contribution in [0.2, 0.25) is 0 Å². The molecular formula is C6H15NO3. The molecule has 0 N–H and O–H groups in total. The molecule has 0 aliphatic carbocycles. The van der Waals surface area contributed by atoms with E-state index in [-0.39, 0.29) is 11.5 Å². The van der Waals surface area contributed by atoms with Crippen LogP contribution in [0.4, 0.5) is 0 Å². The maximum atomic E-state index is 9.40. The second kappa shape index (κ2) is 11.2. The number of methoxy groups -OCH3 is 1. The van der Waals surface area contributed by atoms with Gasteiger partial charge in [0.05, 0.1) is 0 Å². The highest BCUT2D eigenvalue weighted by molar-refractivity contribution is 4.18. The van der Waals surface area contributed by atoms with Crippen LogP contribution in [0.3, 0.4) is 0 Å². The summed E-state index contributed by atoms with van der Waals surface area (Å²) in [5.74, 6) is 0. The predicted octanol–water partition coefficient (Wildman–Crippen LogP) is 1.33. The number of rotatable bonds is 3. The van der Waals surface area contributed by atoms with Crippen LogP contribution in [0.5, 0.6) is 0 Å². The molecule has 0 saturated heterocycles. The summed E-state index contributed by atoms with van der Waals surface area (Å²) in [7, 11) is 1.68. The minimum absolute atomic E-state index is 0.0972. The molecule has 0 aliphatic rings. The van der Waals surface area contributed by atoms with Gasteiger partial charge >= 0.3 is 0 Å². The Balaban J connectivity index is 0. The van der Waals surface area contributed by atoms with Crippen LogP contribution in [-0.4, -0.2) is 25.2 Å². The van der Waals surface area contributed by atoms with Gasteiger partial charge in [-0.25, -0.2) is 0 Å². The fraction of sp³-hybridized carbons (Fsp3) is 1.00. The largest absolute Gasteiger partial charge is 0.385 e. The molecule has 0 atom stereocenters. The molecule has 0 heterocycles. The minimum atomic E-state index is -0.319. The van der Waals surface area contributed by atoms with E-state index in [0.29, 0.717) is 6.42 Å². The first kappa shape index (κ1) is 12.1. The van der Waals surface area contributed by atoms with E-state index in [9.17, 15) is 10.1 Å². The SMILES string of the molecule is CCC[N+](=O)[O-].CCOC. The van der Waals surface area contributed by atoms with Crippen molar-refractivity contribution in [2.24, 2.45) is 0 Å². The fourth-order valence-electron chi connectivity index (χ4n) is 0.183. The predicted molar refractivity (Wildman–Crippen MR) is 39.7 cm³/mol.